The lowest BCUT2D eigenvalue weighted by atomic mass is 9.99. The first-order chi connectivity index (χ1) is 17.0. The predicted octanol–water partition coefficient (Wildman–Crippen LogP) is 4.64. The van der Waals surface area contributed by atoms with Crippen LogP contribution in [-0.4, -0.2) is 83.1 Å². The Morgan fingerprint density at radius 2 is 2.06 bits per heavy atom. The number of fused-ring (bicyclic) bond motifs is 1. The van der Waals surface area contributed by atoms with Crippen LogP contribution in [-0.2, 0) is 6.54 Å². The molecular formula is C27H36N6OS. The highest BCUT2D eigenvalue weighted by molar-refractivity contribution is 7.15. The highest BCUT2D eigenvalue weighted by Gasteiger charge is 2.21. The van der Waals surface area contributed by atoms with Crippen molar-refractivity contribution in [2.24, 2.45) is 0 Å². The molecule has 2 N–H and O–H groups in total. The Kier molecular flexibility index (Phi) is 7.22. The Morgan fingerprint density at radius 1 is 1.23 bits per heavy atom. The van der Waals surface area contributed by atoms with Crippen molar-refractivity contribution in [3.63, 3.8) is 0 Å². The minimum absolute atomic E-state index is 0.0302. The van der Waals surface area contributed by atoms with E-state index in [9.17, 15) is 4.79 Å². The summed E-state index contributed by atoms with van der Waals surface area (Å²) in [5, 5.41) is 4.22. The highest BCUT2D eigenvalue weighted by atomic mass is 32.1. The van der Waals surface area contributed by atoms with E-state index in [4.69, 9.17) is 4.98 Å². The van der Waals surface area contributed by atoms with Gasteiger partial charge in [-0.05, 0) is 50.6 Å². The number of nitrogens with one attached hydrogen (secondary N) is 2. The molecule has 5 heterocycles. The lowest BCUT2D eigenvalue weighted by Gasteiger charge is -2.31. The Labute approximate surface area is 211 Å². The monoisotopic (exact) mass is 492 g/mol. The number of piperazine rings is 1. The number of aromatic nitrogens is 2. The summed E-state index contributed by atoms with van der Waals surface area (Å²) in [6, 6.07) is 7.00. The number of nitrogens with zero attached hydrogens (tertiary/aromatic N) is 4. The molecule has 1 fully saturated rings. The summed E-state index contributed by atoms with van der Waals surface area (Å²) in [4.78, 5) is 30.1. The molecule has 2 aliphatic rings. The molecule has 2 amide bonds. The van der Waals surface area contributed by atoms with Gasteiger partial charge in [0, 0.05) is 90.5 Å². The minimum Gasteiger partial charge on any atom is -0.346 e. The van der Waals surface area contributed by atoms with Crippen molar-refractivity contribution < 1.29 is 4.79 Å². The number of H-pyrrole nitrogens is 1. The molecule has 1 unspecified atom stereocenters. The number of carbonyl (C=O) groups excluding carboxylic acids is 1. The molecule has 1 saturated heterocycles. The van der Waals surface area contributed by atoms with Gasteiger partial charge < -0.3 is 20.1 Å². The van der Waals surface area contributed by atoms with Gasteiger partial charge in [-0.15, -0.1) is 11.3 Å². The summed E-state index contributed by atoms with van der Waals surface area (Å²) in [5.41, 5.74) is 4.56. The van der Waals surface area contributed by atoms with Gasteiger partial charge in [-0.25, -0.2) is 9.78 Å². The zero-order valence-electron chi connectivity index (χ0n) is 21.0. The van der Waals surface area contributed by atoms with E-state index >= 15 is 0 Å². The van der Waals surface area contributed by atoms with E-state index in [1.807, 2.05) is 29.4 Å². The molecule has 3 aromatic rings. The average molecular weight is 493 g/mol. The molecule has 0 spiro atoms. The number of urea groups is 1. The van der Waals surface area contributed by atoms with Gasteiger partial charge >= 0.3 is 6.03 Å². The normalized spacial score (nSPS) is 18.6. The fourth-order valence-electron chi connectivity index (χ4n) is 4.75. The maximum atomic E-state index is 12.5. The van der Waals surface area contributed by atoms with Crippen LogP contribution in [0, 0.1) is 0 Å². The molecule has 8 heteroatoms. The van der Waals surface area contributed by atoms with Gasteiger partial charge in [-0.1, -0.05) is 13.0 Å². The molecule has 186 valence electrons. The highest BCUT2D eigenvalue weighted by Crippen LogP contribution is 2.34. The van der Waals surface area contributed by atoms with Crippen LogP contribution in [0.3, 0.4) is 0 Å². The maximum Gasteiger partial charge on any atom is 0.317 e. The quantitative estimate of drug-likeness (QED) is 0.526. The fourth-order valence-corrected chi connectivity index (χ4v) is 5.78. The molecule has 0 aliphatic carbocycles. The van der Waals surface area contributed by atoms with Crippen LogP contribution >= 0.6 is 11.3 Å². The van der Waals surface area contributed by atoms with Gasteiger partial charge in [-0.3, -0.25) is 4.90 Å². The first kappa shape index (κ1) is 24.0. The molecule has 0 saturated carbocycles. The molecule has 7 nitrogen and oxygen atoms in total. The third-order valence-electron chi connectivity index (χ3n) is 7.28. The molecular weight excluding hydrogens is 456 g/mol. The van der Waals surface area contributed by atoms with Crippen LogP contribution < -0.4 is 5.32 Å². The first-order valence-electron chi connectivity index (χ1n) is 12.7. The van der Waals surface area contributed by atoms with Crippen LogP contribution in [0.15, 0.2) is 36.7 Å². The van der Waals surface area contributed by atoms with E-state index in [2.05, 4.69) is 64.5 Å². The van der Waals surface area contributed by atoms with Gasteiger partial charge in [0.15, 0.2) is 0 Å². The van der Waals surface area contributed by atoms with Crippen LogP contribution in [0.5, 0.6) is 0 Å². The van der Waals surface area contributed by atoms with E-state index < -0.39 is 0 Å². The minimum atomic E-state index is 0.0302. The lowest BCUT2D eigenvalue weighted by Crippen LogP contribution is -2.45. The SMILES string of the molecule is CCC(C)NC(=O)N1CC=C(c2c[nH]c3ncc(-c4ccc(CN5CCN(C)CC5)s4)cc23)CC1. The zero-order chi connectivity index (χ0) is 24.4. The molecule has 35 heavy (non-hydrogen) atoms. The number of thiophene rings is 1. The topological polar surface area (TPSA) is 67.5 Å². The molecule has 0 aromatic carbocycles. The number of rotatable bonds is 6. The number of hydrogen-bond acceptors (Lipinski definition) is 5. The summed E-state index contributed by atoms with van der Waals surface area (Å²) in [6.45, 7) is 11.1. The lowest BCUT2D eigenvalue weighted by molar-refractivity contribution is 0.149. The summed E-state index contributed by atoms with van der Waals surface area (Å²) >= 11 is 1.87. The standard InChI is InChI=1S/C27H36N6OS/c1-4-19(2)30-27(34)33-9-7-20(8-10-33)24-17-29-26-23(24)15-21(16-28-26)25-6-5-22(35-25)18-32-13-11-31(3)12-14-32/h5-7,15-17,19H,4,8-14,18H2,1-3H3,(H,28,29)(H,30,34). The van der Waals surface area contributed by atoms with E-state index in [0.29, 0.717) is 6.54 Å². The smallest absolute Gasteiger partial charge is 0.317 e. The summed E-state index contributed by atoms with van der Waals surface area (Å²) in [7, 11) is 2.20. The van der Waals surface area contributed by atoms with Crippen molar-refractivity contribution in [3.8, 4) is 10.4 Å². The molecule has 0 radical (unpaired) electrons. The van der Waals surface area contributed by atoms with Gasteiger partial charge in [0.05, 0.1) is 0 Å². The van der Waals surface area contributed by atoms with Crippen molar-refractivity contribution in [1.29, 1.82) is 0 Å². The number of amides is 2. The van der Waals surface area contributed by atoms with Crippen LogP contribution in [0.4, 0.5) is 4.79 Å². The largest absolute Gasteiger partial charge is 0.346 e. The number of carbonyl (C=O) groups is 1. The second-order valence-electron chi connectivity index (χ2n) is 9.85. The van der Waals surface area contributed by atoms with Crippen LogP contribution in [0.2, 0.25) is 0 Å². The maximum absolute atomic E-state index is 12.5. The van der Waals surface area contributed by atoms with Crippen molar-refractivity contribution in [2.75, 3.05) is 46.3 Å². The van der Waals surface area contributed by atoms with Crippen LogP contribution in [0.25, 0.3) is 27.0 Å². The van der Waals surface area contributed by atoms with Crippen molar-refractivity contribution in [2.45, 2.75) is 39.3 Å². The molecule has 0 bridgehead atoms. The van der Waals surface area contributed by atoms with E-state index in [0.717, 1.165) is 63.1 Å². The Bertz CT molecular complexity index is 1210. The van der Waals surface area contributed by atoms with E-state index in [1.165, 1.54) is 26.5 Å². The Hall–Kier alpha value is -2.68. The molecule has 5 rings (SSSR count). The zero-order valence-corrected chi connectivity index (χ0v) is 21.8. The van der Waals surface area contributed by atoms with Crippen molar-refractivity contribution in [1.82, 2.24) is 30.0 Å². The van der Waals surface area contributed by atoms with E-state index in [1.54, 1.807) is 0 Å². The summed E-state index contributed by atoms with van der Waals surface area (Å²) in [6.07, 6.45) is 8.01. The third-order valence-corrected chi connectivity index (χ3v) is 8.40. The van der Waals surface area contributed by atoms with Gasteiger partial charge in [0.2, 0.25) is 0 Å². The molecule has 3 aromatic heterocycles. The van der Waals surface area contributed by atoms with Gasteiger partial charge in [-0.2, -0.15) is 0 Å². The molecule has 1 atom stereocenters. The number of hydrogen-bond donors (Lipinski definition) is 2. The van der Waals surface area contributed by atoms with Crippen molar-refractivity contribution in [3.05, 3.63) is 47.1 Å². The molecule has 2 aliphatic heterocycles. The third kappa shape index (κ3) is 5.44. The number of aromatic amines is 1. The Morgan fingerprint density at radius 3 is 2.80 bits per heavy atom. The first-order valence-corrected chi connectivity index (χ1v) is 13.5. The predicted molar refractivity (Wildman–Crippen MR) is 145 cm³/mol. The number of pyridine rings is 1. The van der Waals surface area contributed by atoms with Crippen LogP contribution in [0.1, 0.15) is 37.1 Å². The van der Waals surface area contributed by atoms with Gasteiger partial charge in [0.1, 0.15) is 5.65 Å². The Balaban J connectivity index is 1.30. The van der Waals surface area contributed by atoms with E-state index in [-0.39, 0.29) is 12.1 Å². The summed E-state index contributed by atoms with van der Waals surface area (Å²) < 4.78 is 0. The second kappa shape index (κ2) is 10.5. The summed E-state index contributed by atoms with van der Waals surface area (Å²) in [5.74, 6) is 0. The average Bonchev–Trinajstić information content (AvgIpc) is 3.52. The fraction of sp³-hybridized carbons (Fsp3) is 0.481. The second-order valence-corrected chi connectivity index (χ2v) is 11.0. The van der Waals surface area contributed by atoms with Gasteiger partial charge in [0.25, 0.3) is 0 Å². The number of likely N-dealkylation sites (N-methyl/N-ethyl adjacent to an activating group) is 1. The van der Waals surface area contributed by atoms with Crippen molar-refractivity contribution >= 4 is 34.0 Å².